The molecule has 0 bridgehead atoms. The molecule has 110 valence electrons. The molecular weight excluding hydrogens is 254 g/mol. The van der Waals surface area contributed by atoms with Gasteiger partial charge in [-0.2, -0.15) is 5.10 Å². The van der Waals surface area contributed by atoms with Crippen LogP contribution in [0.5, 0.6) is 0 Å². The molecule has 3 N–H and O–H groups in total. The van der Waals surface area contributed by atoms with Gasteiger partial charge in [-0.15, -0.1) is 0 Å². The Balaban J connectivity index is 2.38. The molecule has 0 atom stereocenters. The number of hydrogen-bond acceptors (Lipinski definition) is 6. The van der Waals surface area contributed by atoms with E-state index < -0.39 is 0 Å². The Morgan fingerprint density at radius 3 is 2.70 bits per heavy atom. The van der Waals surface area contributed by atoms with Crippen molar-refractivity contribution in [2.45, 2.75) is 39.3 Å². The summed E-state index contributed by atoms with van der Waals surface area (Å²) in [5, 5.41) is 5.02. The SMILES string of the molecule is CCC(C)(C)N(C)Cc1nc(NN)c2cnn(C)c2n1. The molecule has 2 rings (SSSR count). The maximum Gasteiger partial charge on any atom is 0.163 e. The Hall–Kier alpha value is -1.73. The van der Waals surface area contributed by atoms with Crippen molar-refractivity contribution in [2.75, 3.05) is 12.5 Å². The van der Waals surface area contributed by atoms with Crippen LogP contribution in [0, 0.1) is 0 Å². The molecular formula is C13H23N7. The third kappa shape index (κ3) is 2.59. The molecule has 20 heavy (non-hydrogen) atoms. The van der Waals surface area contributed by atoms with Crippen molar-refractivity contribution >= 4 is 16.9 Å². The molecule has 0 radical (unpaired) electrons. The van der Waals surface area contributed by atoms with Crippen LogP contribution in [-0.2, 0) is 13.6 Å². The number of rotatable bonds is 5. The number of nitrogen functional groups attached to an aromatic ring is 1. The number of anilines is 1. The monoisotopic (exact) mass is 277 g/mol. The molecule has 0 saturated heterocycles. The van der Waals surface area contributed by atoms with Gasteiger partial charge in [0.15, 0.2) is 11.5 Å². The van der Waals surface area contributed by atoms with Crippen LogP contribution in [0.15, 0.2) is 6.20 Å². The normalized spacial score (nSPS) is 12.3. The third-order valence-corrected chi connectivity index (χ3v) is 4.05. The molecule has 0 aliphatic carbocycles. The van der Waals surface area contributed by atoms with Crippen LogP contribution in [0.4, 0.5) is 5.82 Å². The Labute approximate surface area is 119 Å². The maximum atomic E-state index is 5.55. The summed E-state index contributed by atoms with van der Waals surface area (Å²) >= 11 is 0. The smallest absolute Gasteiger partial charge is 0.163 e. The maximum absolute atomic E-state index is 5.55. The predicted octanol–water partition coefficient (Wildman–Crippen LogP) is 1.27. The molecule has 2 aromatic heterocycles. The highest BCUT2D eigenvalue weighted by Crippen LogP contribution is 2.22. The topological polar surface area (TPSA) is 84.9 Å². The average molecular weight is 277 g/mol. The van der Waals surface area contributed by atoms with Gasteiger partial charge in [0, 0.05) is 12.6 Å². The van der Waals surface area contributed by atoms with Crippen molar-refractivity contribution in [2.24, 2.45) is 12.9 Å². The fourth-order valence-electron chi connectivity index (χ4n) is 1.94. The van der Waals surface area contributed by atoms with Crippen LogP contribution in [0.3, 0.4) is 0 Å². The highest BCUT2D eigenvalue weighted by atomic mass is 15.3. The summed E-state index contributed by atoms with van der Waals surface area (Å²) < 4.78 is 1.73. The van der Waals surface area contributed by atoms with E-state index in [2.05, 4.69) is 53.2 Å². The van der Waals surface area contributed by atoms with Crippen molar-refractivity contribution < 1.29 is 0 Å². The van der Waals surface area contributed by atoms with Crippen LogP contribution in [-0.4, -0.2) is 37.2 Å². The van der Waals surface area contributed by atoms with Gasteiger partial charge in [-0.25, -0.2) is 15.8 Å². The quantitative estimate of drug-likeness (QED) is 0.632. The highest BCUT2D eigenvalue weighted by molar-refractivity contribution is 5.86. The fraction of sp³-hybridized carbons (Fsp3) is 0.615. The van der Waals surface area contributed by atoms with Crippen LogP contribution in [0.25, 0.3) is 11.0 Å². The van der Waals surface area contributed by atoms with E-state index in [4.69, 9.17) is 5.84 Å². The van der Waals surface area contributed by atoms with Gasteiger partial charge in [-0.3, -0.25) is 9.58 Å². The number of nitrogens with one attached hydrogen (secondary N) is 1. The zero-order valence-corrected chi connectivity index (χ0v) is 12.8. The van der Waals surface area contributed by atoms with Gasteiger partial charge in [-0.05, 0) is 27.3 Å². The fourth-order valence-corrected chi connectivity index (χ4v) is 1.94. The van der Waals surface area contributed by atoms with E-state index in [0.717, 1.165) is 23.3 Å². The summed E-state index contributed by atoms with van der Waals surface area (Å²) in [6, 6.07) is 0. The summed E-state index contributed by atoms with van der Waals surface area (Å²) in [6.07, 6.45) is 2.77. The van der Waals surface area contributed by atoms with Gasteiger partial charge in [0.2, 0.25) is 0 Å². The largest absolute Gasteiger partial charge is 0.308 e. The zero-order chi connectivity index (χ0) is 14.9. The minimum Gasteiger partial charge on any atom is -0.308 e. The minimum absolute atomic E-state index is 0.0983. The number of nitrogens with zero attached hydrogens (tertiary/aromatic N) is 5. The first kappa shape index (κ1) is 14.7. The Bertz CT molecular complexity index is 602. The van der Waals surface area contributed by atoms with Gasteiger partial charge < -0.3 is 5.43 Å². The van der Waals surface area contributed by atoms with E-state index in [1.54, 1.807) is 10.9 Å². The molecule has 7 heteroatoms. The standard InChI is InChI=1S/C13H23N7/c1-6-13(2,3)19(4)8-10-16-11(18-14)9-7-15-20(5)12(9)17-10/h7H,6,8,14H2,1-5H3,(H,16,17,18). The van der Waals surface area contributed by atoms with Gasteiger partial charge in [0.05, 0.1) is 18.1 Å². The lowest BCUT2D eigenvalue weighted by Gasteiger charge is -2.34. The van der Waals surface area contributed by atoms with Crippen molar-refractivity contribution in [3.05, 3.63) is 12.0 Å². The molecule has 0 amide bonds. The van der Waals surface area contributed by atoms with Gasteiger partial charge in [0.25, 0.3) is 0 Å². The first-order chi connectivity index (χ1) is 9.39. The summed E-state index contributed by atoms with van der Waals surface area (Å²) in [7, 11) is 3.94. The summed E-state index contributed by atoms with van der Waals surface area (Å²) in [5.74, 6) is 6.89. The Morgan fingerprint density at radius 2 is 2.10 bits per heavy atom. The molecule has 0 aliphatic heterocycles. The van der Waals surface area contributed by atoms with Crippen molar-refractivity contribution in [3.63, 3.8) is 0 Å². The number of hydrazine groups is 1. The Kier molecular flexibility index (Phi) is 3.92. The lowest BCUT2D eigenvalue weighted by Crippen LogP contribution is -2.40. The van der Waals surface area contributed by atoms with Gasteiger partial charge in [-0.1, -0.05) is 6.92 Å². The summed E-state index contributed by atoms with van der Waals surface area (Å²) in [4.78, 5) is 11.3. The molecule has 0 spiro atoms. The predicted molar refractivity (Wildman–Crippen MR) is 80.0 cm³/mol. The van der Waals surface area contributed by atoms with Crippen molar-refractivity contribution in [3.8, 4) is 0 Å². The molecule has 0 unspecified atom stereocenters. The second-order valence-electron chi connectivity index (χ2n) is 5.66. The van der Waals surface area contributed by atoms with Crippen molar-refractivity contribution in [1.29, 1.82) is 0 Å². The third-order valence-electron chi connectivity index (χ3n) is 4.05. The lowest BCUT2D eigenvalue weighted by atomic mass is 10.0. The van der Waals surface area contributed by atoms with E-state index in [1.807, 2.05) is 7.05 Å². The van der Waals surface area contributed by atoms with Gasteiger partial charge >= 0.3 is 0 Å². The van der Waals surface area contributed by atoms with E-state index in [1.165, 1.54) is 0 Å². The number of aryl methyl sites for hydroxylation is 1. The second-order valence-corrected chi connectivity index (χ2v) is 5.66. The number of fused-ring (bicyclic) bond motifs is 1. The molecule has 0 fully saturated rings. The van der Waals surface area contributed by atoms with E-state index >= 15 is 0 Å². The Morgan fingerprint density at radius 1 is 1.40 bits per heavy atom. The number of hydrogen-bond donors (Lipinski definition) is 2. The van der Waals surface area contributed by atoms with Crippen LogP contribution in [0.1, 0.15) is 33.0 Å². The molecule has 0 aromatic carbocycles. The van der Waals surface area contributed by atoms with Crippen LogP contribution < -0.4 is 11.3 Å². The van der Waals surface area contributed by atoms with Crippen LogP contribution in [0.2, 0.25) is 0 Å². The molecule has 0 aliphatic rings. The van der Waals surface area contributed by atoms with Gasteiger partial charge in [0.1, 0.15) is 5.82 Å². The molecule has 2 aromatic rings. The molecule has 0 saturated carbocycles. The van der Waals surface area contributed by atoms with E-state index in [-0.39, 0.29) is 5.54 Å². The summed E-state index contributed by atoms with van der Waals surface area (Å²) in [5.41, 5.74) is 3.51. The molecule has 2 heterocycles. The number of aromatic nitrogens is 4. The lowest BCUT2D eigenvalue weighted by molar-refractivity contribution is 0.139. The summed E-state index contributed by atoms with van der Waals surface area (Å²) in [6.45, 7) is 7.25. The zero-order valence-electron chi connectivity index (χ0n) is 12.8. The van der Waals surface area contributed by atoms with Crippen molar-refractivity contribution in [1.82, 2.24) is 24.6 Å². The average Bonchev–Trinajstić information content (AvgIpc) is 2.79. The van der Waals surface area contributed by atoms with E-state index in [9.17, 15) is 0 Å². The number of nitrogens with two attached hydrogens (primary N) is 1. The first-order valence-electron chi connectivity index (χ1n) is 6.75. The minimum atomic E-state index is 0.0983. The highest BCUT2D eigenvalue weighted by Gasteiger charge is 2.22. The van der Waals surface area contributed by atoms with Crippen LogP contribution >= 0.6 is 0 Å². The second kappa shape index (κ2) is 5.34. The van der Waals surface area contributed by atoms with E-state index in [0.29, 0.717) is 12.4 Å². The molecule has 7 nitrogen and oxygen atoms in total. The first-order valence-corrected chi connectivity index (χ1v) is 6.75.